The molecule has 0 spiro atoms. The van der Waals surface area contributed by atoms with Gasteiger partial charge in [0.25, 0.3) is 5.91 Å². The van der Waals surface area contributed by atoms with E-state index in [1.807, 2.05) is 11.9 Å². The van der Waals surface area contributed by atoms with Crippen molar-refractivity contribution in [2.75, 3.05) is 40.9 Å². The van der Waals surface area contributed by atoms with Crippen molar-refractivity contribution in [3.05, 3.63) is 59.7 Å². The summed E-state index contributed by atoms with van der Waals surface area (Å²) < 4.78 is 10.6. The van der Waals surface area contributed by atoms with Gasteiger partial charge < -0.3 is 19.3 Å². The smallest absolute Gasteiger partial charge is 0.254 e. The van der Waals surface area contributed by atoms with Gasteiger partial charge in [-0.25, -0.2) is 0 Å². The lowest BCUT2D eigenvalue weighted by Gasteiger charge is -2.37. The van der Waals surface area contributed by atoms with E-state index in [2.05, 4.69) is 35.2 Å². The Kier molecular flexibility index (Phi) is 7.53. The summed E-state index contributed by atoms with van der Waals surface area (Å²) in [5.74, 6) is 1.24. The Bertz CT molecular complexity index is 794. The summed E-state index contributed by atoms with van der Waals surface area (Å²) in [7, 11) is 5.10. The highest BCUT2D eigenvalue weighted by atomic mass is 16.5. The van der Waals surface area contributed by atoms with Crippen LogP contribution in [0.15, 0.2) is 48.5 Å². The highest BCUT2D eigenvalue weighted by molar-refractivity contribution is 5.95. The third-order valence-electron chi connectivity index (χ3n) is 5.76. The predicted octanol–water partition coefficient (Wildman–Crippen LogP) is 3.87. The number of nitrogens with zero attached hydrogens (tertiary/aromatic N) is 2. The molecule has 2 aromatic rings. The molecule has 0 unspecified atom stereocenters. The number of rotatable bonds is 8. The monoisotopic (exact) mass is 396 g/mol. The second kappa shape index (κ2) is 10.3. The van der Waals surface area contributed by atoms with Crippen molar-refractivity contribution in [2.24, 2.45) is 0 Å². The number of methoxy groups -OCH3 is 2. The van der Waals surface area contributed by atoms with Gasteiger partial charge in [-0.2, -0.15) is 0 Å². The van der Waals surface area contributed by atoms with E-state index < -0.39 is 0 Å². The number of likely N-dealkylation sites (tertiary alicyclic amines) is 1. The zero-order chi connectivity index (χ0) is 20.6. The number of ether oxygens (including phenoxy) is 2. The van der Waals surface area contributed by atoms with E-state index >= 15 is 0 Å². The standard InChI is InChI=1S/C24H32N2O3/c1-25(24(27)20-13-14-22(28-2)23(17-20)29-3)21-12-8-16-26(18-21)15-7-11-19-9-5-4-6-10-19/h4-6,9-10,13-14,17,21H,7-8,11-12,15-16,18H2,1-3H3/t21-/m1/s1. The molecule has 1 heterocycles. The fraction of sp³-hybridized carbons (Fsp3) is 0.458. The van der Waals surface area contributed by atoms with E-state index in [0.717, 1.165) is 45.3 Å². The van der Waals surface area contributed by atoms with E-state index in [4.69, 9.17) is 9.47 Å². The molecule has 0 radical (unpaired) electrons. The lowest BCUT2D eigenvalue weighted by molar-refractivity contribution is 0.0616. The molecule has 0 aromatic heterocycles. The van der Waals surface area contributed by atoms with Gasteiger partial charge in [-0.15, -0.1) is 0 Å². The maximum Gasteiger partial charge on any atom is 0.254 e. The van der Waals surface area contributed by atoms with Crippen LogP contribution in [0, 0.1) is 0 Å². The number of carbonyl (C=O) groups is 1. The second-order valence-corrected chi connectivity index (χ2v) is 7.67. The Balaban J connectivity index is 1.56. The van der Waals surface area contributed by atoms with Crippen LogP contribution in [0.1, 0.15) is 35.2 Å². The Morgan fingerprint density at radius 2 is 1.86 bits per heavy atom. The molecule has 0 bridgehead atoms. The van der Waals surface area contributed by atoms with E-state index in [9.17, 15) is 4.79 Å². The van der Waals surface area contributed by atoms with Crippen molar-refractivity contribution in [1.29, 1.82) is 0 Å². The molecule has 0 saturated carbocycles. The van der Waals surface area contributed by atoms with E-state index in [1.165, 1.54) is 5.56 Å². The number of hydrogen-bond acceptors (Lipinski definition) is 4. The van der Waals surface area contributed by atoms with Gasteiger partial charge in [0, 0.05) is 25.2 Å². The first kappa shape index (κ1) is 21.2. The number of benzene rings is 2. The third kappa shape index (κ3) is 5.51. The van der Waals surface area contributed by atoms with Crippen LogP contribution >= 0.6 is 0 Å². The first-order valence-corrected chi connectivity index (χ1v) is 10.4. The molecule has 1 amide bonds. The molecule has 5 heteroatoms. The summed E-state index contributed by atoms with van der Waals surface area (Å²) in [6, 6.07) is 16.2. The summed E-state index contributed by atoms with van der Waals surface area (Å²) in [6.45, 7) is 3.12. The SMILES string of the molecule is COc1ccc(C(=O)N(C)[C@@H]2CCCN(CCCc3ccccc3)C2)cc1OC. The molecule has 3 rings (SSSR count). The van der Waals surface area contributed by atoms with Crippen LogP contribution in [0.25, 0.3) is 0 Å². The normalized spacial score (nSPS) is 17.0. The minimum absolute atomic E-state index is 0.0297. The highest BCUT2D eigenvalue weighted by Crippen LogP contribution is 2.28. The molecule has 29 heavy (non-hydrogen) atoms. The second-order valence-electron chi connectivity index (χ2n) is 7.67. The topological polar surface area (TPSA) is 42.0 Å². The number of amides is 1. The van der Waals surface area contributed by atoms with Gasteiger partial charge in [-0.1, -0.05) is 30.3 Å². The zero-order valence-electron chi connectivity index (χ0n) is 17.8. The van der Waals surface area contributed by atoms with Crippen LogP contribution in [-0.4, -0.2) is 62.7 Å². The Labute approximate surface area is 174 Å². The van der Waals surface area contributed by atoms with Crippen molar-refractivity contribution >= 4 is 5.91 Å². The Hall–Kier alpha value is -2.53. The maximum absolute atomic E-state index is 13.0. The first-order valence-electron chi connectivity index (χ1n) is 10.4. The van der Waals surface area contributed by atoms with Gasteiger partial charge in [-0.05, 0) is 62.5 Å². The Morgan fingerprint density at radius 3 is 2.59 bits per heavy atom. The minimum Gasteiger partial charge on any atom is -0.493 e. The van der Waals surface area contributed by atoms with Crippen molar-refractivity contribution < 1.29 is 14.3 Å². The molecule has 0 aliphatic carbocycles. The highest BCUT2D eigenvalue weighted by Gasteiger charge is 2.27. The fourth-order valence-corrected chi connectivity index (χ4v) is 4.04. The van der Waals surface area contributed by atoms with Crippen molar-refractivity contribution in [3.8, 4) is 11.5 Å². The molecule has 2 aromatic carbocycles. The molecule has 1 saturated heterocycles. The van der Waals surface area contributed by atoms with Crippen molar-refractivity contribution in [2.45, 2.75) is 31.7 Å². The van der Waals surface area contributed by atoms with Gasteiger partial charge in [0.1, 0.15) is 0 Å². The number of hydrogen-bond donors (Lipinski definition) is 0. The molecule has 1 aliphatic heterocycles. The summed E-state index contributed by atoms with van der Waals surface area (Å²) in [5, 5.41) is 0. The fourth-order valence-electron chi connectivity index (χ4n) is 4.04. The molecule has 156 valence electrons. The quantitative estimate of drug-likeness (QED) is 0.679. The van der Waals surface area contributed by atoms with E-state index in [0.29, 0.717) is 17.1 Å². The predicted molar refractivity (Wildman–Crippen MR) is 116 cm³/mol. The maximum atomic E-state index is 13.0. The summed E-state index contributed by atoms with van der Waals surface area (Å²) in [6.07, 6.45) is 4.41. The van der Waals surface area contributed by atoms with Crippen LogP contribution in [-0.2, 0) is 6.42 Å². The van der Waals surface area contributed by atoms with E-state index in [-0.39, 0.29) is 11.9 Å². The Morgan fingerprint density at radius 1 is 1.10 bits per heavy atom. The summed E-state index contributed by atoms with van der Waals surface area (Å²) in [4.78, 5) is 17.4. The number of aryl methyl sites for hydroxylation is 1. The molecular weight excluding hydrogens is 364 g/mol. The summed E-state index contributed by atoms with van der Waals surface area (Å²) in [5.41, 5.74) is 2.02. The average Bonchev–Trinajstić information content (AvgIpc) is 2.78. The van der Waals surface area contributed by atoms with Crippen LogP contribution in [0.3, 0.4) is 0 Å². The van der Waals surface area contributed by atoms with Crippen LogP contribution in [0.2, 0.25) is 0 Å². The molecule has 1 aliphatic rings. The first-order chi connectivity index (χ1) is 14.1. The molecular formula is C24H32N2O3. The number of carbonyl (C=O) groups excluding carboxylic acids is 1. The van der Waals surface area contributed by atoms with Gasteiger partial charge in [0.15, 0.2) is 11.5 Å². The van der Waals surface area contributed by atoms with Crippen molar-refractivity contribution in [1.82, 2.24) is 9.80 Å². The number of likely N-dealkylation sites (N-methyl/N-ethyl adjacent to an activating group) is 1. The van der Waals surface area contributed by atoms with Crippen LogP contribution < -0.4 is 9.47 Å². The minimum atomic E-state index is 0.0297. The zero-order valence-corrected chi connectivity index (χ0v) is 17.8. The van der Waals surface area contributed by atoms with Crippen LogP contribution in [0.4, 0.5) is 0 Å². The lowest BCUT2D eigenvalue weighted by Crippen LogP contribution is -2.48. The largest absolute Gasteiger partial charge is 0.493 e. The van der Waals surface area contributed by atoms with Gasteiger partial charge in [0.2, 0.25) is 0 Å². The third-order valence-corrected chi connectivity index (χ3v) is 5.76. The lowest BCUT2D eigenvalue weighted by atomic mass is 10.0. The van der Waals surface area contributed by atoms with Crippen molar-refractivity contribution in [3.63, 3.8) is 0 Å². The van der Waals surface area contributed by atoms with Gasteiger partial charge >= 0.3 is 0 Å². The molecule has 1 fully saturated rings. The van der Waals surface area contributed by atoms with Crippen LogP contribution in [0.5, 0.6) is 11.5 Å². The molecule has 5 nitrogen and oxygen atoms in total. The molecule has 1 atom stereocenters. The van der Waals surface area contributed by atoms with E-state index in [1.54, 1.807) is 32.4 Å². The van der Waals surface area contributed by atoms with Gasteiger partial charge in [0.05, 0.1) is 14.2 Å². The molecule has 0 N–H and O–H groups in total. The number of piperidine rings is 1. The summed E-state index contributed by atoms with van der Waals surface area (Å²) >= 11 is 0. The van der Waals surface area contributed by atoms with Gasteiger partial charge in [-0.3, -0.25) is 4.79 Å². The average molecular weight is 397 g/mol.